The van der Waals surface area contributed by atoms with Gasteiger partial charge in [-0.1, -0.05) is 0 Å². The van der Waals surface area contributed by atoms with Crippen molar-refractivity contribution in [1.82, 2.24) is 5.16 Å². The lowest BCUT2D eigenvalue weighted by molar-refractivity contribution is 0.335. The maximum Gasteiger partial charge on any atom is 0.542 e. The molecule has 5 heteroatoms. The van der Waals surface area contributed by atoms with Gasteiger partial charge in [0.15, 0.2) is 0 Å². The summed E-state index contributed by atoms with van der Waals surface area (Å²) < 4.78 is 9.00. The third-order valence-electron chi connectivity index (χ3n) is 2.12. The molecule has 2 rings (SSSR count). The van der Waals surface area contributed by atoms with Crippen LogP contribution in [-0.4, -0.2) is 10.3 Å². The van der Waals surface area contributed by atoms with E-state index in [-0.39, 0.29) is 11.6 Å². The molecule has 1 heterocycles. The Morgan fingerprint density at radius 3 is 2.33 bits per heavy atom. The van der Waals surface area contributed by atoms with E-state index in [1.54, 1.807) is 26.0 Å². The molecule has 0 atom stereocenters. The summed E-state index contributed by atoms with van der Waals surface area (Å²) in [6.07, 6.45) is 0. The van der Waals surface area contributed by atoms with Crippen molar-refractivity contribution in [2.24, 2.45) is 0 Å². The van der Waals surface area contributed by atoms with Crippen LogP contribution in [0.15, 0.2) is 25.9 Å². The molecule has 0 aliphatic heterocycles. The number of aromatic nitrogens is 1. The summed E-state index contributed by atoms with van der Waals surface area (Å²) >= 11 is 0. The van der Waals surface area contributed by atoms with E-state index in [0.29, 0.717) is 16.7 Å². The van der Waals surface area contributed by atoms with Crippen LogP contribution in [0.3, 0.4) is 0 Å². The van der Waals surface area contributed by atoms with Crippen molar-refractivity contribution < 1.29 is 14.0 Å². The molecule has 0 unspecified atom stereocenters. The molecule has 0 spiro atoms. The van der Waals surface area contributed by atoms with Gasteiger partial charge >= 0.3 is 5.82 Å². The third-order valence-corrected chi connectivity index (χ3v) is 2.12. The van der Waals surface area contributed by atoms with Crippen molar-refractivity contribution in [2.45, 2.75) is 13.8 Å². The highest BCUT2D eigenvalue weighted by Crippen LogP contribution is 2.27. The minimum Gasteiger partial charge on any atom is -0.507 e. The molecule has 0 bridgehead atoms. The number of hydrogen-bond donors (Lipinski definition) is 1. The van der Waals surface area contributed by atoms with Crippen molar-refractivity contribution in [3.05, 3.63) is 33.9 Å². The van der Waals surface area contributed by atoms with Gasteiger partial charge in [-0.2, -0.15) is 0 Å². The van der Waals surface area contributed by atoms with Crippen molar-refractivity contribution in [2.75, 3.05) is 0 Å². The minimum absolute atomic E-state index is 0.117. The van der Waals surface area contributed by atoms with Gasteiger partial charge < -0.3 is 9.52 Å². The van der Waals surface area contributed by atoms with Crippen LogP contribution in [0, 0.1) is 13.8 Å². The first-order chi connectivity index (χ1) is 7.08. The zero-order valence-electron chi connectivity index (χ0n) is 8.27. The molecule has 0 amide bonds. The molecule has 0 aliphatic carbocycles. The van der Waals surface area contributed by atoms with Crippen LogP contribution in [0.1, 0.15) is 11.1 Å². The van der Waals surface area contributed by atoms with Crippen LogP contribution in [0.5, 0.6) is 5.75 Å². The number of hydrogen-bond acceptors (Lipinski definition) is 5. The van der Waals surface area contributed by atoms with Gasteiger partial charge in [0.1, 0.15) is 5.75 Å². The van der Waals surface area contributed by atoms with Crippen molar-refractivity contribution in [3.63, 3.8) is 0 Å². The molecule has 78 valence electrons. The second kappa shape index (κ2) is 3.27. The zero-order valence-corrected chi connectivity index (χ0v) is 8.27. The Kier molecular flexibility index (Phi) is 2.07. The fourth-order valence-corrected chi connectivity index (χ4v) is 1.39. The lowest BCUT2D eigenvalue weighted by atomic mass is 10.1. The Bertz CT molecular complexity index is 530. The average molecular weight is 207 g/mol. The molecule has 1 N–H and O–H groups in total. The minimum atomic E-state index is -0.839. The van der Waals surface area contributed by atoms with Crippen molar-refractivity contribution in [3.8, 4) is 17.2 Å². The van der Waals surface area contributed by atoms with Gasteiger partial charge in [0.2, 0.25) is 0 Å². The van der Waals surface area contributed by atoms with Crippen LogP contribution in [0.4, 0.5) is 0 Å². The van der Waals surface area contributed by atoms with Crippen LogP contribution >= 0.6 is 0 Å². The molecule has 1 aromatic carbocycles. The lowest BCUT2D eigenvalue weighted by Gasteiger charge is -2.04. The first kappa shape index (κ1) is 9.51. The van der Waals surface area contributed by atoms with E-state index < -0.39 is 5.82 Å². The second-order valence-corrected chi connectivity index (χ2v) is 3.30. The summed E-state index contributed by atoms with van der Waals surface area (Å²) in [6, 6.07) is 3.34. The number of nitrogens with zero attached hydrogens (tertiary/aromatic N) is 1. The number of aryl methyl sites for hydroxylation is 2. The monoisotopic (exact) mass is 207 g/mol. The molecule has 0 saturated carbocycles. The smallest absolute Gasteiger partial charge is 0.507 e. The van der Waals surface area contributed by atoms with Crippen LogP contribution in [-0.2, 0) is 0 Å². The summed E-state index contributed by atoms with van der Waals surface area (Å²) in [6.45, 7) is 3.51. The Hall–Kier alpha value is -2.04. The average Bonchev–Trinajstić information content (AvgIpc) is 2.60. The fourth-order valence-electron chi connectivity index (χ4n) is 1.39. The van der Waals surface area contributed by atoms with Gasteiger partial charge in [0.25, 0.3) is 5.89 Å². The van der Waals surface area contributed by atoms with Crippen LogP contribution < -0.4 is 5.82 Å². The van der Waals surface area contributed by atoms with E-state index in [4.69, 9.17) is 4.42 Å². The molecular formula is C10H9NO4. The standard InChI is InChI=1S/C10H9NO4/c1-5-3-7(4-6(2)8(5)12)9-11-15-10(13)14-9/h3-4,12H,1-2H3. The Labute approximate surface area is 84.9 Å². The number of phenols is 1. The normalized spacial score (nSPS) is 10.5. The zero-order chi connectivity index (χ0) is 11.0. The van der Waals surface area contributed by atoms with Gasteiger partial charge in [-0.15, -0.1) is 0 Å². The predicted molar refractivity (Wildman–Crippen MR) is 51.6 cm³/mol. The first-order valence-electron chi connectivity index (χ1n) is 4.35. The lowest BCUT2D eigenvalue weighted by Crippen LogP contribution is -1.87. The third kappa shape index (κ3) is 1.63. The molecule has 2 aromatic rings. The van der Waals surface area contributed by atoms with Gasteiger partial charge in [-0.25, -0.2) is 4.79 Å². The first-order valence-corrected chi connectivity index (χ1v) is 4.35. The predicted octanol–water partition coefficient (Wildman–Crippen LogP) is 1.62. The van der Waals surface area contributed by atoms with Crippen LogP contribution in [0.2, 0.25) is 0 Å². The molecule has 1 aromatic heterocycles. The highest BCUT2D eigenvalue weighted by atomic mass is 16.6. The molecule has 0 aliphatic rings. The molecule has 0 saturated heterocycles. The SMILES string of the molecule is Cc1cc(-c2noc(=O)o2)cc(C)c1O. The van der Waals surface area contributed by atoms with Gasteiger partial charge in [0.05, 0.1) is 0 Å². The number of rotatable bonds is 1. The van der Waals surface area contributed by atoms with Crippen molar-refractivity contribution >= 4 is 0 Å². The maximum atomic E-state index is 10.7. The van der Waals surface area contributed by atoms with Crippen molar-refractivity contribution in [1.29, 1.82) is 0 Å². The fraction of sp³-hybridized carbons (Fsp3) is 0.200. The Morgan fingerprint density at radius 1 is 1.27 bits per heavy atom. The van der Waals surface area contributed by atoms with E-state index in [1.807, 2.05) is 0 Å². The molecule has 0 radical (unpaired) electrons. The van der Waals surface area contributed by atoms with E-state index in [9.17, 15) is 9.90 Å². The Balaban J connectivity index is 2.59. The van der Waals surface area contributed by atoms with Gasteiger partial charge in [-0.05, 0) is 42.3 Å². The van der Waals surface area contributed by atoms with E-state index >= 15 is 0 Å². The van der Waals surface area contributed by atoms with Crippen LogP contribution in [0.25, 0.3) is 11.5 Å². The second-order valence-electron chi connectivity index (χ2n) is 3.30. The maximum absolute atomic E-state index is 10.7. The largest absolute Gasteiger partial charge is 0.542 e. The van der Waals surface area contributed by atoms with E-state index in [2.05, 4.69) is 9.68 Å². The highest BCUT2D eigenvalue weighted by molar-refractivity contribution is 5.59. The van der Waals surface area contributed by atoms with E-state index in [1.165, 1.54) is 0 Å². The number of phenolic OH excluding ortho intramolecular Hbond substituents is 1. The summed E-state index contributed by atoms with van der Waals surface area (Å²) in [5, 5.41) is 13.0. The summed E-state index contributed by atoms with van der Waals surface area (Å²) in [5.74, 6) is -0.496. The molecule has 5 nitrogen and oxygen atoms in total. The summed E-state index contributed by atoms with van der Waals surface area (Å²) in [4.78, 5) is 10.7. The van der Waals surface area contributed by atoms with Gasteiger partial charge in [0, 0.05) is 5.56 Å². The highest BCUT2D eigenvalue weighted by Gasteiger charge is 2.10. The summed E-state index contributed by atoms with van der Waals surface area (Å²) in [5.41, 5.74) is 1.99. The quantitative estimate of drug-likeness (QED) is 0.768. The molecule has 0 fully saturated rings. The number of benzene rings is 1. The molecule has 15 heavy (non-hydrogen) atoms. The van der Waals surface area contributed by atoms with E-state index in [0.717, 1.165) is 0 Å². The molecular weight excluding hydrogens is 198 g/mol. The Morgan fingerprint density at radius 2 is 1.87 bits per heavy atom. The topological polar surface area (TPSA) is 76.5 Å². The van der Waals surface area contributed by atoms with Gasteiger partial charge in [-0.3, -0.25) is 4.52 Å². The number of aromatic hydroxyl groups is 1. The summed E-state index contributed by atoms with van der Waals surface area (Å²) in [7, 11) is 0.